The summed E-state index contributed by atoms with van der Waals surface area (Å²) >= 11 is 0. The summed E-state index contributed by atoms with van der Waals surface area (Å²) in [6.45, 7) is 11.5. The largest absolute Gasteiger partial charge is 1.00 e. The van der Waals surface area contributed by atoms with Gasteiger partial charge in [0.15, 0.2) is 0 Å². The first-order valence-corrected chi connectivity index (χ1v) is 4.51. The summed E-state index contributed by atoms with van der Waals surface area (Å²) in [6, 6.07) is 0. The van der Waals surface area contributed by atoms with E-state index in [0.717, 1.165) is 13.1 Å². The fourth-order valence-electron chi connectivity index (χ4n) is 0.984. The first-order chi connectivity index (χ1) is 5.35. The molecule has 0 aromatic heterocycles. The van der Waals surface area contributed by atoms with Crippen molar-refractivity contribution in [2.45, 2.75) is 26.7 Å². The molecule has 0 radical (unpaired) electrons. The Morgan fingerprint density at radius 3 is 2.42 bits per heavy atom. The van der Waals surface area contributed by atoms with Gasteiger partial charge in [0.05, 0.1) is 0 Å². The Bertz CT molecular complexity index is 102. The molecular formula is C10H20LiN. The summed E-state index contributed by atoms with van der Waals surface area (Å²) in [5.74, 6) is 0. The summed E-state index contributed by atoms with van der Waals surface area (Å²) < 4.78 is 0. The molecule has 0 saturated heterocycles. The van der Waals surface area contributed by atoms with Crippen molar-refractivity contribution < 1.29 is 18.9 Å². The topological polar surface area (TPSA) is 3.24 Å². The van der Waals surface area contributed by atoms with Crippen LogP contribution in [0.4, 0.5) is 0 Å². The van der Waals surface area contributed by atoms with E-state index >= 15 is 0 Å². The molecule has 0 aliphatic rings. The van der Waals surface area contributed by atoms with Gasteiger partial charge in [-0.25, -0.2) is 19.1 Å². The van der Waals surface area contributed by atoms with E-state index in [1.807, 2.05) is 6.08 Å². The Kier molecular flexibility index (Phi) is 13.7. The fraction of sp³-hybridized carbons (Fsp3) is 0.700. The molecule has 0 atom stereocenters. The summed E-state index contributed by atoms with van der Waals surface area (Å²) in [6.07, 6.45) is 6.57. The molecule has 0 aromatic rings. The minimum absolute atomic E-state index is 0. The molecule has 0 heterocycles. The predicted octanol–water partition coefficient (Wildman–Crippen LogP) is -0.497. The van der Waals surface area contributed by atoms with Crippen LogP contribution in [0, 0.1) is 6.92 Å². The van der Waals surface area contributed by atoms with Gasteiger partial charge < -0.3 is 4.90 Å². The van der Waals surface area contributed by atoms with Crippen molar-refractivity contribution in [2.75, 3.05) is 19.6 Å². The number of allylic oxidation sites excluding steroid dienone is 1. The third kappa shape index (κ3) is 8.27. The molecule has 0 aliphatic heterocycles. The molecule has 66 valence electrons. The fourth-order valence-corrected chi connectivity index (χ4v) is 0.984. The van der Waals surface area contributed by atoms with Crippen molar-refractivity contribution in [3.05, 3.63) is 19.1 Å². The van der Waals surface area contributed by atoms with Gasteiger partial charge >= 0.3 is 18.9 Å². The van der Waals surface area contributed by atoms with E-state index in [0.29, 0.717) is 0 Å². The Balaban J connectivity index is 0. The summed E-state index contributed by atoms with van der Waals surface area (Å²) in [7, 11) is 0. The van der Waals surface area contributed by atoms with E-state index in [1.165, 1.54) is 19.4 Å². The number of rotatable bonds is 6. The Morgan fingerprint density at radius 1 is 1.33 bits per heavy atom. The molecule has 0 aliphatic carbocycles. The molecule has 0 aromatic carbocycles. The van der Waals surface area contributed by atoms with Crippen LogP contribution in [0.15, 0.2) is 12.2 Å². The second-order valence-electron chi connectivity index (χ2n) is 2.72. The average Bonchev–Trinajstić information content (AvgIpc) is 2.05. The van der Waals surface area contributed by atoms with Crippen molar-refractivity contribution in [2.24, 2.45) is 0 Å². The molecule has 1 nitrogen and oxygen atoms in total. The van der Waals surface area contributed by atoms with Crippen LogP contribution in [0.1, 0.15) is 26.7 Å². The van der Waals surface area contributed by atoms with E-state index in [4.69, 9.17) is 0 Å². The van der Waals surface area contributed by atoms with Crippen LogP contribution in [-0.2, 0) is 0 Å². The molecule has 0 spiro atoms. The van der Waals surface area contributed by atoms with Crippen molar-refractivity contribution in [1.29, 1.82) is 0 Å². The molecule has 12 heavy (non-hydrogen) atoms. The summed E-state index contributed by atoms with van der Waals surface area (Å²) in [5, 5.41) is 0. The molecule has 0 unspecified atom stereocenters. The van der Waals surface area contributed by atoms with E-state index in [1.54, 1.807) is 0 Å². The van der Waals surface area contributed by atoms with Crippen LogP contribution >= 0.6 is 0 Å². The van der Waals surface area contributed by atoms with E-state index in [9.17, 15) is 0 Å². The van der Waals surface area contributed by atoms with E-state index < -0.39 is 0 Å². The molecule has 0 amide bonds. The number of unbranched alkanes of at least 4 members (excludes halogenated alkanes) is 1. The van der Waals surface area contributed by atoms with Crippen LogP contribution < -0.4 is 18.9 Å². The monoisotopic (exact) mass is 161 g/mol. The van der Waals surface area contributed by atoms with Gasteiger partial charge in [-0.05, 0) is 26.1 Å². The molecule has 0 saturated carbocycles. The van der Waals surface area contributed by atoms with Gasteiger partial charge in [-0.2, -0.15) is 0 Å². The van der Waals surface area contributed by atoms with Crippen molar-refractivity contribution in [3.8, 4) is 0 Å². The van der Waals surface area contributed by atoms with Gasteiger partial charge in [0.1, 0.15) is 0 Å². The third-order valence-electron chi connectivity index (χ3n) is 1.81. The quantitative estimate of drug-likeness (QED) is 0.375. The van der Waals surface area contributed by atoms with E-state index in [-0.39, 0.29) is 18.9 Å². The summed E-state index contributed by atoms with van der Waals surface area (Å²) in [5.41, 5.74) is 0. The van der Waals surface area contributed by atoms with Crippen LogP contribution in [0.25, 0.3) is 0 Å². The van der Waals surface area contributed by atoms with Gasteiger partial charge in [0.25, 0.3) is 0 Å². The molecule has 0 bridgehead atoms. The molecule has 2 heteroatoms. The zero-order chi connectivity index (χ0) is 8.53. The van der Waals surface area contributed by atoms with Crippen molar-refractivity contribution in [3.63, 3.8) is 0 Å². The molecule has 0 N–H and O–H groups in total. The maximum absolute atomic E-state index is 3.66. The minimum atomic E-state index is 0. The average molecular weight is 161 g/mol. The molecular weight excluding hydrogens is 141 g/mol. The maximum atomic E-state index is 3.66. The van der Waals surface area contributed by atoms with Gasteiger partial charge in [0.2, 0.25) is 0 Å². The maximum Gasteiger partial charge on any atom is 1.00 e. The zero-order valence-corrected chi connectivity index (χ0v) is 8.84. The SMILES string of the molecule is [CH2-]/C=C/CN(CC)CCCC.[Li+]. The second kappa shape index (κ2) is 11.2. The van der Waals surface area contributed by atoms with Gasteiger partial charge in [-0.1, -0.05) is 20.3 Å². The minimum Gasteiger partial charge on any atom is -0.316 e. The number of likely N-dealkylation sites (N-methyl/N-ethyl adjacent to an activating group) is 1. The molecule has 0 fully saturated rings. The zero-order valence-electron chi connectivity index (χ0n) is 8.84. The van der Waals surface area contributed by atoms with Crippen LogP contribution in [0.2, 0.25) is 0 Å². The van der Waals surface area contributed by atoms with Crippen LogP contribution in [0.3, 0.4) is 0 Å². The predicted molar refractivity (Wildman–Crippen MR) is 51.5 cm³/mol. The standard InChI is InChI=1S/C10H20N.Li/c1-4-7-9-11(6-3)10-8-5-2;/h4,7H,1,5-6,8-10H2,2-3H3;/q-1;+1/b7-4+;. The first-order valence-electron chi connectivity index (χ1n) is 4.51. The number of hydrogen-bond donors (Lipinski definition) is 0. The van der Waals surface area contributed by atoms with Crippen LogP contribution in [0.5, 0.6) is 0 Å². The Hall–Kier alpha value is 0.167. The van der Waals surface area contributed by atoms with Gasteiger partial charge in [-0.3, -0.25) is 0 Å². The van der Waals surface area contributed by atoms with Crippen molar-refractivity contribution >= 4 is 0 Å². The van der Waals surface area contributed by atoms with Crippen LogP contribution in [-0.4, -0.2) is 24.5 Å². The second-order valence-corrected chi connectivity index (χ2v) is 2.72. The molecule has 0 rings (SSSR count). The Labute approximate surface area is 89.4 Å². The number of nitrogens with zero attached hydrogens (tertiary/aromatic N) is 1. The Morgan fingerprint density at radius 2 is 2.00 bits per heavy atom. The van der Waals surface area contributed by atoms with E-state index in [2.05, 4.69) is 31.7 Å². The van der Waals surface area contributed by atoms with Crippen molar-refractivity contribution in [1.82, 2.24) is 4.90 Å². The smallest absolute Gasteiger partial charge is 0.316 e. The summed E-state index contributed by atoms with van der Waals surface area (Å²) in [4.78, 5) is 2.42. The first kappa shape index (κ1) is 14.7. The normalized spacial score (nSPS) is 10.6. The third-order valence-corrected chi connectivity index (χ3v) is 1.81. The van der Waals surface area contributed by atoms with Gasteiger partial charge in [-0.15, -0.1) is 0 Å². The van der Waals surface area contributed by atoms with Gasteiger partial charge in [0, 0.05) is 0 Å². The number of hydrogen-bond acceptors (Lipinski definition) is 1.